The van der Waals surface area contributed by atoms with Crippen molar-refractivity contribution in [3.8, 4) is 0 Å². The van der Waals surface area contributed by atoms with E-state index in [0.717, 1.165) is 0 Å². The van der Waals surface area contributed by atoms with Gasteiger partial charge in [0.1, 0.15) is 18.1 Å². The van der Waals surface area contributed by atoms with E-state index in [1.807, 2.05) is 0 Å². The molecule has 254 valence electrons. The molecule has 1 aliphatic rings. The average molecular weight is 654 g/mol. The Hall–Kier alpha value is -5.02. The van der Waals surface area contributed by atoms with Crippen LogP contribution in [0.5, 0.6) is 0 Å². The number of hydrogen-bond acceptors (Lipinski definition) is 8. The van der Waals surface area contributed by atoms with Crippen molar-refractivity contribution in [2.45, 2.75) is 56.3 Å². The summed E-state index contributed by atoms with van der Waals surface area (Å²) in [4.78, 5) is 69.6. The summed E-state index contributed by atoms with van der Waals surface area (Å²) in [6.45, 7) is 0.0968. The zero-order valence-electron chi connectivity index (χ0n) is 26.1. The molecule has 0 spiro atoms. The summed E-state index contributed by atoms with van der Waals surface area (Å²) < 4.78 is 11.2. The number of nitrogens with one attached hydrogen (secondary N) is 4. The van der Waals surface area contributed by atoms with Crippen molar-refractivity contribution in [3.05, 3.63) is 71.8 Å². The Kier molecular flexibility index (Phi) is 15.1. The summed E-state index contributed by atoms with van der Waals surface area (Å²) in [5.74, 6) is -4.09. The van der Waals surface area contributed by atoms with Gasteiger partial charge in [-0.2, -0.15) is 0 Å². The Morgan fingerprint density at radius 3 is 2.06 bits per heavy atom. The Labute approximate surface area is 272 Å². The second kappa shape index (κ2) is 19.5. The molecule has 15 heteroatoms. The van der Waals surface area contributed by atoms with Gasteiger partial charge < -0.3 is 47.3 Å². The molecule has 9 N–H and O–H groups in total. The molecule has 2 aromatic carbocycles. The van der Waals surface area contributed by atoms with Gasteiger partial charge in [0, 0.05) is 31.7 Å². The van der Waals surface area contributed by atoms with E-state index < -0.39 is 53.8 Å². The first-order valence-electron chi connectivity index (χ1n) is 15.4. The molecule has 0 radical (unpaired) electrons. The highest BCUT2D eigenvalue weighted by atomic mass is 16.5. The van der Waals surface area contributed by atoms with Crippen LogP contribution in [0.1, 0.15) is 41.6 Å². The van der Waals surface area contributed by atoms with Crippen molar-refractivity contribution in [2.75, 3.05) is 33.0 Å². The molecule has 4 atom stereocenters. The predicted octanol–water partition coefficient (Wildman–Crippen LogP) is -0.553. The fourth-order valence-electron chi connectivity index (χ4n) is 4.65. The van der Waals surface area contributed by atoms with Gasteiger partial charge in [-0.1, -0.05) is 48.5 Å². The van der Waals surface area contributed by atoms with E-state index in [2.05, 4.69) is 26.3 Å². The molecule has 1 fully saturated rings. The van der Waals surface area contributed by atoms with Gasteiger partial charge >= 0.3 is 5.97 Å². The Balaban J connectivity index is 1.90. The summed E-state index contributed by atoms with van der Waals surface area (Å²) >= 11 is 0. The highest BCUT2D eigenvalue weighted by Gasteiger charge is 2.32. The summed E-state index contributed by atoms with van der Waals surface area (Å²) in [6.07, 6.45) is 1.40. The second-order valence-electron chi connectivity index (χ2n) is 10.9. The highest BCUT2D eigenvalue weighted by Crippen LogP contribution is 2.08. The second-order valence-corrected chi connectivity index (χ2v) is 10.9. The molecule has 4 amide bonds. The van der Waals surface area contributed by atoms with Crippen molar-refractivity contribution >= 4 is 35.6 Å². The molecule has 47 heavy (non-hydrogen) atoms. The van der Waals surface area contributed by atoms with Crippen molar-refractivity contribution < 1.29 is 38.6 Å². The molecule has 15 nitrogen and oxygen atoms in total. The maximum Gasteiger partial charge on any atom is 0.328 e. The van der Waals surface area contributed by atoms with E-state index in [1.165, 1.54) is 0 Å². The smallest absolute Gasteiger partial charge is 0.328 e. The van der Waals surface area contributed by atoms with Gasteiger partial charge in [-0.3, -0.25) is 24.2 Å². The van der Waals surface area contributed by atoms with E-state index in [4.69, 9.17) is 20.9 Å². The molecule has 1 aliphatic heterocycles. The molecule has 0 saturated carbocycles. The fraction of sp³-hybridized carbons (Fsp3) is 0.438. The number of hydrogen-bond donors (Lipinski definition) is 7. The van der Waals surface area contributed by atoms with E-state index in [1.54, 1.807) is 60.7 Å². The minimum Gasteiger partial charge on any atom is -0.480 e. The number of carboxylic acids is 1. The largest absolute Gasteiger partial charge is 0.480 e. The van der Waals surface area contributed by atoms with Gasteiger partial charge in [0.15, 0.2) is 12.0 Å². The first-order valence-corrected chi connectivity index (χ1v) is 15.4. The molecule has 1 heterocycles. The van der Waals surface area contributed by atoms with Crippen molar-refractivity contribution in [2.24, 2.45) is 16.5 Å². The van der Waals surface area contributed by atoms with E-state index in [0.29, 0.717) is 24.0 Å². The highest BCUT2D eigenvalue weighted by molar-refractivity contribution is 5.99. The SMILES string of the molecule is NC(N)=NCCCC1NC(=O)C(Cc2ccccc2)NC(=O)C(NC(=O)c2ccccc2)COCCCCOCC(C(=O)O)NC1=O. The minimum atomic E-state index is -1.37. The van der Waals surface area contributed by atoms with Crippen molar-refractivity contribution in [1.82, 2.24) is 21.3 Å². The zero-order chi connectivity index (χ0) is 34.0. The van der Waals surface area contributed by atoms with Crippen LogP contribution >= 0.6 is 0 Å². The van der Waals surface area contributed by atoms with Crippen LogP contribution < -0.4 is 32.7 Å². The number of aliphatic carboxylic acids is 1. The Morgan fingerprint density at radius 2 is 1.43 bits per heavy atom. The van der Waals surface area contributed by atoms with Gasteiger partial charge in [-0.25, -0.2) is 4.79 Å². The number of carboxylic acid groups (broad SMARTS) is 1. The van der Waals surface area contributed by atoms with Crippen LogP contribution in [-0.4, -0.2) is 97.8 Å². The number of rotatable bonds is 9. The third-order valence-electron chi connectivity index (χ3n) is 7.16. The van der Waals surface area contributed by atoms with E-state index in [9.17, 15) is 29.1 Å². The quantitative estimate of drug-likeness (QED) is 0.104. The third kappa shape index (κ3) is 13.1. The van der Waals surface area contributed by atoms with Gasteiger partial charge in [0.05, 0.1) is 13.2 Å². The number of guanidine groups is 1. The first kappa shape index (κ1) is 36.4. The van der Waals surface area contributed by atoms with Crippen LogP contribution in [-0.2, 0) is 35.1 Å². The number of nitrogens with two attached hydrogens (primary N) is 2. The summed E-state index contributed by atoms with van der Waals surface area (Å²) in [5.41, 5.74) is 11.9. The summed E-state index contributed by atoms with van der Waals surface area (Å²) in [6, 6.07) is 12.4. The molecule has 3 rings (SSSR count). The average Bonchev–Trinajstić information content (AvgIpc) is 3.05. The van der Waals surface area contributed by atoms with Crippen LogP contribution in [0.4, 0.5) is 0 Å². The molecular formula is C32H43N7O8. The van der Waals surface area contributed by atoms with Crippen LogP contribution in [0, 0.1) is 0 Å². The number of carbonyl (C=O) groups excluding carboxylic acids is 4. The van der Waals surface area contributed by atoms with Crippen LogP contribution in [0.15, 0.2) is 65.7 Å². The fourth-order valence-corrected chi connectivity index (χ4v) is 4.65. The molecule has 0 bridgehead atoms. The molecule has 0 aliphatic carbocycles. The lowest BCUT2D eigenvalue weighted by Gasteiger charge is -2.26. The molecule has 1 saturated heterocycles. The van der Waals surface area contributed by atoms with Crippen molar-refractivity contribution in [1.29, 1.82) is 0 Å². The maximum atomic E-state index is 13.8. The van der Waals surface area contributed by atoms with Gasteiger partial charge in [0.25, 0.3) is 5.91 Å². The maximum absolute atomic E-state index is 13.8. The number of nitrogens with zero attached hydrogens (tertiary/aromatic N) is 1. The molecule has 2 aromatic rings. The normalized spacial score (nSPS) is 21.9. The molecule has 0 aromatic heterocycles. The Bertz CT molecular complexity index is 1360. The van der Waals surface area contributed by atoms with Crippen LogP contribution in [0.3, 0.4) is 0 Å². The standard InChI is InChI=1S/C32H43N7O8/c33-32(34)35-15-9-14-23-28(41)39-26(31(44)45)20-47-17-8-7-16-46-19-25(38-27(40)22-12-5-2-6-13-22)30(43)37-24(29(42)36-23)18-21-10-3-1-4-11-21/h1-6,10-13,23-26H,7-9,14-20H2,(H,36,42)(H,37,43)(H,38,40)(H,39,41)(H,44,45)(H4,33,34,35). The number of carbonyl (C=O) groups is 5. The molecular weight excluding hydrogens is 610 g/mol. The lowest BCUT2D eigenvalue weighted by molar-refractivity contribution is -0.144. The Morgan fingerprint density at radius 1 is 0.830 bits per heavy atom. The van der Waals surface area contributed by atoms with Crippen LogP contribution in [0.25, 0.3) is 0 Å². The lowest BCUT2D eigenvalue weighted by Crippen LogP contribution is -2.59. The summed E-state index contributed by atoms with van der Waals surface area (Å²) in [7, 11) is 0. The van der Waals surface area contributed by atoms with Gasteiger partial charge in [-0.05, 0) is 43.4 Å². The third-order valence-corrected chi connectivity index (χ3v) is 7.16. The monoisotopic (exact) mass is 653 g/mol. The van der Waals surface area contributed by atoms with Gasteiger partial charge in [0.2, 0.25) is 17.7 Å². The predicted molar refractivity (Wildman–Crippen MR) is 172 cm³/mol. The van der Waals surface area contributed by atoms with E-state index in [-0.39, 0.29) is 58.2 Å². The number of benzene rings is 2. The number of aliphatic imine (C=N–C) groups is 1. The zero-order valence-corrected chi connectivity index (χ0v) is 26.1. The summed E-state index contributed by atoms with van der Waals surface area (Å²) in [5, 5.41) is 20.2. The van der Waals surface area contributed by atoms with E-state index >= 15 is 0 Å². The van der Waals surface area contributed by atoms with Crippen molar-refractivity contribution in [3.63, 3.8) is 0 Å². The number of amides is 4. The van der Waals surface area contributed by atoms with Crippen LogP contribution in [0.2, 0.25) is 0 Å². The van der Waals surface area contributed by atoms with Gasteiger partial charge in [-0.15, -0.1) is 0 Å². The molecule has 4 unspecified atom stereocenters. The lowest BCUT2D eigenvalue weighted by atomic mass is 10.0. The topological polar surface area (TPSA) is 237 Å². The first-order chi connectivity index (χ1) is 22.6. The minimum absolute atomic E-state index is 0.0482. The number of ether oxygens (including phenoxy) is 2.